The lowest BCUT2D eigenvalue weighted by Gasteiger charge is -2.36. The zero-order chi connectivity index (χ0) is 38.6. The van der Waals surface area contributed by atoms with Crippen molar-refractivity contribution in [2.45, 2.75) is 149 Å². The zero-order valence-corrected chi connectivity index (χ0v) is 35.0. The highest BCUT2D eigenvalue weighted by molar-refractivity contribution is 6.22. The van der Waals surface area contributed by atoms with E-state index in [0.717, 1.165) is 11.2 Å². The molecule has 1 aromatic heterocycles. The van der Waals surface area contributed by atoms with Crippen LogP contribution in [0.1, 0.15) is 166 Å². The summed E-state index contributed by atoms with van der Waals surface area (Å²) in [5.41, 5.74) is 19.7. The normalized spacial score (nSPS) is 14.9. The Morgan fingerprint density at radius 1 is 0.554 bits per heavy atom. The van der Waals surface area contributed by atoms with Gasteiger partial charge in [-0.05, 0) is 90.0 Å². The van der Waals surface area contributed by atoms with Crippen molar-refractivity contribution in [2.75, 3.05) is 0 Å². The molecular weight excluding hydrogens is 677 g/mol. The molecule has 6 aromatic rings. The van der Waals surface area contributed by atoms with Crippen LogP contribution in [0.25, 0.3) is 55.3 Å². The van der Waals surface area contributed by atoms with E-state index in [-0.39, 0.29) is 11.3 Å². The first-order valence-corrected chi connectivity index (χ1v) is 22.6. The standard InChI is InChI=1S/C55H64O/c1-6-10-14-23-36-55(37-24-15-11-7-2)46-35-22-21-32-44(46)48-50-45-34-25-33-41(40-28-17-16-18-29-40)53(45)56-54(50)49-43-31-20-19-30-42(43)47(51(49)52(48)55)38(5)39(26-12-8-3)27-13-9-4/h16-22,25,28-35,47H,6-15,23-24,26-27,36-37H2,1-5H3. The topological polar surface area (TPSA) is 13.1 Å². The Balaban J connectivity index is 1.53. The van der Waals surface area contributed by atoms with Gasteiger partial charge in [0.05, 0.1) is 0 Å². The maximum absolute atomic E-state index is 7.47. The molecule has 1 atom stereocenters. The van der Waals surface area contributed by atoms with Gasteiger partial charge in [-0.2, -0.15) is 0 Å². The first-order valence-electron chi connectivity index (χ1n) is 22.6. The lowest BCUT2D eigenvalue weighted by atomic mass is 9.67. The van der Waals surface area contributed by atoms with Crippen LogP contribution in [0, 0.1) is 0 Å². The maximum Gasteiger partial charge on any atom is 0.144 e. The maximum atomic E-state index is 7.47. The van der Waals surface area contributed by atoms with Crippen molar-refractivity contribution in [2.24, 2.45) is 0 Å². The fourth-order valence-electron chi connectivity index (χ4n) is 10.9. The van der Waals surface area contributed by atoms with Gasteiger partial charge in [-0.15, -0.1) is 0 Å². The van der Waals surface area contributed by atoms with Gasteiger partial charge in [0.15, 0.2) is 0 Å². The summed E-state index contributed by atoms with van der Waals surface area (Å²) in [5.74, 6) is 0.227. The Morgan fingerprint density at radius 2 is 1.16 bits per heavy atom. The molecule has 0 radical (unpaired) electrons. The molecule has 0 N–H and O–H groups in total. The molecule has 0 aliphatic heterocycles. The van der Waals surface area contributed by atoms with Gasteiger partial charge in [0.1, 0.15) is 11.2 Å². The van der Waals surface area contributed by atoms with Crippen LogP contribution in [-0.2, 0) is 5.41 Å². The van der Waals surface area contributed by atoms with Crippen LogP contribution in [0.5, 0.6) is 0 Å². The molecule has 0 spiro atoms. The number of fused-ring (bicyclic) bond motifs is 12. The summed E-state index contributed by atoms with van der Waals surface area (Å²) >= 11 is 0. The third-order valence-electron chi connectivity index (χ3n) is 13.7. The molecule has 1 nitrogen and oxygen atoms in total. The molecule has 2 aliphatic rings. The Hall–Kier alpha value is -4.36. The highest BCUT2D eigenvalue weighted by atomic mass is 16.3. The largest absolute Gasteiger partial charge is 0.455 e. The summed E-state index contributed by atoms with van der Waals surface area (Å²) in [6, 6.07) is 36.8. The number of para-hydroxylation sites is 1. The van der Waals surface area contributed by atoms with Crippen molar-refractivity contribution in [1.29, 1.82) is 0 Å². The molecule has 290 valence electrons. The first kappa shape index (κ1) is 38.5. The van der Waals surface area contributed by atoms with Gasteiger partial charge in [-0.3, -0.25) is 0 Å². The van der Waals surface area contributed by atoms with Gasteiger partial charge in [0, 0.05) is 33.2 Å². The van der Waals surface area contributed by atoms with E-state index in [1.807, 2.05) is 0 Å². The number of benzene rings is 5. The average molecular weight is 741 g/mol. The first-order chi connectivity index (χ1) is 27.6. The second-order valence-electron chi connectivity index (χ2n) is 17.2. The molecule has 0 saturated carbocycles. The van der Waals surface area contributed by atoms with Gasteiger partial charge in [-0.25, -0.2) is 0 Å². The van der Waals surface area contributed by atoms with E-state index in [1.54, 1.807) is 27.8 Å². The molecule has 2 aliphatic carbocycles. The Labute approximate surface area is 337 Å². The zero-order valence-electron chi connectivity index (χ0n) is 35.0. The van der Waals surface area contributed by atoms with Crippen LogP contribution in [0.2, 0.25) is 0 Å². The summed E-state index contributed by atoms with van der Waals surface area (Å²) in [6.07, 6.45) is 20.0. The van der Waals surface area contributed by atoms with E-state index < -0.39 is 0 Å². The second-order valence-corrected chi connectivity index (χ2v) is 17.2. The second kappa shape index (κ2) is 17.0. The van der Waals surface area contributed by atoms with Crippen LogP contribution in [0.3, 0.4) is 0 Å². The van der Waals surface area contributed by atoms with E-state index >= 15 is 0 Å². The van der Waals surface area contributed by atoms with Gasteiger partial charge >= 0.3 is 0 Å². The summed E-state index contributed by atoms with van der Waals surface area (Å²) in [6.45, 7) is 11.9. The van der Waals surface area contributed by atoms with E-state index in [9.17, 15) is 0 Å². The van der Waals surface area contributed by atoms with Crippen LogP contribution in [0.4, 0.5) is 0 Å². The number of rotatable bonds is 18. The summed E-state index contributed by atoms with van der Waals surface area (Å²) < 4.78 is 7.47. The van der Waals surface area contributed by atoms with Crippen molar-refractivity contribution in [1.82, 2.24) is 0 Å². The molecule has 56 heavy (non-hydrogen) atoms. The molecule has 0 saturated heterocycles. The molecular formula is C55H64O. The van der Waals surface area contributed by atoms with Crippen LogP contribution < -0.4 is 0 Å². The molecule has 0 fully saturated rings. The Kier molecular flexibility index (Phi) is 11.7. The number of hydrogen-bond donors (Lipinski definition) is 0. The molecule has 1 unspecified atom stereocenters. The van der Waals surface area contributed by atoms with Gasteiger partial charge in [-0.1, -0.05) is 200 Å². The van der Waals surface area contributed by atoms with E-state index in [1.165, 1.54) is 152 Å². The lowest BCUT2D eigenvalue weighted by Crippen LogP contribution is -2.27. The van der Waals surface area contributed by atoms with Crippen molar-refractivity contribution in [3.8, 4) is 33.4 Å². The minimum absolute atomic E-state index is 0.0418. The quantitative estimate of drug-likeness (QED) is 0.0632. The summed E-state index contributed by atoms with van der Waals surface area (Å²) in [4.78, 5) is 0. The van der Waals surface area contributed by atoms with Gasteiger partial charge in [0.25, 0.3) is 0 Å². The molecule has 0 bridgehead atoms. The van der Waals surface area contributed by atoms with Crippen LogP contribution in [-0.4, -0.2) is 0 Å². The third-order valence-corrected chi connectivity index (χ3v) is 13.7. The minimum Gasteiger partial charge on any atom is -0.455 e. The van der Waals surface area contributed by atoms with E-state index in [0.29, 0.717) is 0 Å². The molecule has 5 aromatic carbocycles. The van der Waals surface area contributed by atoms with Gasteiger partial charge in [0.2, 0.25) is 0 Å². The molecule has 0 amide bonds. The predicted octanol–water partition coefficient (Wildman–Crippen LogP) is 17.3. The van der Waals surface area contributed by atoms with Crippen molar-refractivity contribution < 1.29 is 4.42 Å². The highest BCUT2D eigenvalue weighted by Crippen LogP contribution is 2.65. The highest BCUT2D eigenvalue weighted by Gasteiger charge is 2.49. The molecule has 1 heteroatoms. The summed E-state index contributed by atoms with van der Waals surface area (Å²) in [7, 11) is 0. The van der Waals surface area contributed by atoms with Crippen molar-refractivity contribution in [3.63, 3.8) is 0 Å². The average Bonchev–Trinajstić information content (AvgIpc) is 3.88. The minimum atomic E-state index is -0.0418. The SMILES string of the molecule is CCCCCCC1(CCCCCC)c2ccccc2-c2c1c1c(c3oc4c(-c5ccccc5)cccc4c23)-c2ccccc2C1C(C)=C(CCCC)CCCC. The lowest BCUT2D eigenvalue weighted by molar-refractivity contribution is 0.398. The predicted molar refractivity (Wildman–Crippen MR) is 242 cm³/mol. The third kappa shape index (κ3) is 6.58. The van der Waals surface area contributed by atoms with Gasteiger partial charge < -0.3 is 4.42 Å². The molecule has 8 rings (SSSR count). The fraction of sp³-hybridized carbons (Fsp3) is 0.418. The number of furan rings is 1. The monoisotopic (exact) mass is 740 g/mol. The fourth-order valence-corrected chi connectivity index (χ4v) is 10.9. The number of unbranched alkanes of at least 4 members (excludes halogenated alkanes) is 8. The van der Waals surface area contributed by atoms with Crippen molar-refractivity contribution >= 4 is 21.9 Å². The van der Waals surface area contributed by atoms with E-state index in [4.69, 9.17) is 4.42 Å². The Morgan fingerprint density at radius 3 is 1.84 bits per heavy atom. The van der Waals surface area contributed by atoms with E-state index in [2.05, 4.69) is 132 Å². The molecule has 1 heterocycles. The van der Waals surface area contributed by atoms with Crippen LogP contribution in [0.15, 0.2) is 113 Å². The number of allylic oxidation sites excluding steroid dienone is 2. The summed E-state index contributed by atoms with van der Waals surface area (Å²) in [5, 5.41) is 2.58. The smallest absolute Gasteiger partial charge is 0.144 e. The van der Waals surface area contributed by atoms with Crippen molar-refractivity contribution in [3.05, 3.63) is 130 Å². The van der Waals surface area contributed by atoms with Crippen LogP contribution >= 0.6 is 0 Å². The number of hydrogen-bond acceptors (Lipinski definition) is 1. The Bertz CT molecular complexity index is 2310.